The average Bonchev–Trinajstić information content (AvgIpc) is 2.18. The van der Waals surface area contributed by atoms with Gasteiger partial charge < -0.3 is 4.42 Å². The minimum Gasteiger partial charge on any atom is -0.464 e. The Kier molecular flexibility index (Phi) is 1.94. The maximum atomic E-state index is 10.6. The predicted octanol–water partition coefficient (Wildman–Crippen LogP) is 2.97. The largest absolute Gasteiger partial charge is 0.464 e. The summed E-state index contributed by atoms with van der Waals surface area (Å²) in [5.41, 5.74) is 1.09. The molecule has 2 nitrogen and oxygen atoms in total. The van der Waals surface area contributed by atoms with Crippen molar-refractivity contribution in [2.45, 2.75) is 0 Å². The first kappa shape index (κ1) is 8.13. The lowest BCUT2D eigenvalue weighted by atomic mass is 10.1. The van der Waals surface area contributed by atoms with Crippen molar-refractivity contribution in [3.8, 4) is 0 Å². The van der Waals surface area contributed by atoms with Crippen molar-refractivity contribution < 1.29 is 9.21 Å². The van der Waals surface area contributed by atoms with Gasteiger partial charge in [0.25, 0.3) is 0 Å². The van der Waals surface area contributed by atoms with Gasteiger partial charge in [-0.15, -0.1) is 0 Å². The summed E-state index contributed by atoms with van der Waals surface area (Å²) in [4.78, 5) is 10.6. The zero-order valence-corrected chi connectivity index (χ0v) is 7.51. The van der Waals surface area contributed by atoms with Crippen molar-refractivity contribution in [3.63, 3.8) is 0 Å². The van der Waals surface area contributed by atoms with Crippen molar-refractivity contribution in [2.24, 2.45) is 0 Å². The molecule has 3 heteroatoms. The van der Waals surface area contributed by atoms with Crippen LogP contribution in [0.5, 0.6) is 0 Å². The Morgan fingerprint density at radius 2 is 2.15 bits per heavy atom. The quantitative estimate of drug-likeness (QED) is 0.511. The van der Waals surface area contributed by atoms with Crippen molar-refractivity contribution in [2.75, 3.05) is 0 Å². The summed E-state index contributed by atoms with van der Waals surface area (Å²) in [6, 6.07) is 7.03. The van der Waals surface area contributed by atoms with E-state index in [0.717, 1.165) is 11.7 Å². The molecule has 0 bridgehead atoms. The maximum Gasteiger partial charge on any atom is 0.153 e. The van der Waals surface area contributed by atoms with Gasteiger partial charge in [0.15, 0.2) is 6.29 Å². The van der Waals surface area contributed by atoms with E-state index in [1.165, 1.54) is 6.26 Å². The predicted molar refractivity (Wildman–Crippen MR) is 52.4 cm³/mol. The minimum absolute atomic E-state index is 0.532. The molecule has 0 atom stereocenters. The van der Waals surface area contributed by atoms with E-state index < -0.39 is 0 Å². The van der Waals surface area contributed by atoms with E-state index in [-0.39, 0.29) is 0 Å². The second-order valence-electron chi connectivity index (χ2n) is 2.63. The van der Waals surface area contributed by atoms with E-state index in [0.29, 0.717) is 15.7 Å². The van der Waals surface area contributed by atoms with Gasteiger partial charge in [0.1, 0.15) is 5.58 Å². The molecule has 0 aliphatic carbocycles. The molecule has 0 spiro atoms. The zero-order chi connectivity index (χ0) is 9.26. The van der Waals surface area contributed by atoms with Crippen molar-refractivity contribution in [1.29, 1.82) is 0 Å². The normalized spacial score (nSPS) is 10.2. The standard InChI is InChI=1S/C10H6O2S/c11-6-7-2-1-3-8-9(13)4-5-12-10(7)8/h1-6H. The fourth-order valence-corrected chi connectivity index (χ4v) is 1.44. The van der Waals surface area contributed by atoms with E-state index in [1.807, 2.05) is 6.07 Å². The number of para-hydroxylation sites is 1. The smallest absolute Gasteiger partial charge is 0.153 e. The van der Waals surface area contributed by atoms with Crippen molar-refractivity contribution >= 4 is 29.5 Å². The molecule has 64 valence electrons. The van der Waals surface area contributed by atoms with E-state index in [9.17, 15) is 4.79 Å². The van der Waals surface area contributed by atoms with Gasteiger partial charge in [0, 0.05) is 5.39 Å². The van der Waals surface area contributed by atoms with Crippen LogP contribution in [-0.4, -0.2) is 6.29 Å². The van der Waals surface area contributed by atoms with Crippen LogP contribution in [0.25, 0.3) is 11.0 Å². The molecule has 0 aliphatic heterocycles. The molecule has 0 unspecified atom stereocenters. The van der Waals surface area contributed by atoms with Gasteiger partial charge in [0.05, 0.1) is 16.3 Å². The summed E-state index contributed by atoms with van der Waals surface area (Å²) >= 11 is 5.09. The number of rotatable bonds is 1. The molecule has 1 heterocycles. The van der Waals surface area contributed by atoms with Crippen LogP contribution < -0.4 is 0 Å². The van der Waals surface area contributed by atoms with Crippen LogP contribution in [0.4, 0.5) is 0 Å². The molecule has 0 N–H and O–H groups in total. The Bertz CT molecular complexity index is 514. The highest BCUT2D eigenvalue weighted by molar-refractivity contribution is 7.71. The first-order valence-corrected chi connectivity index (χ1v) is 4.19. The highest BCUT2D eigenvalue weighted by Crippen LogP contribution is 2.18. The van der Waals surface area contributed by atoms with Gasteiger partial charge >= 0.3 is 0 Å². The molecular formula is C10H6O2S. The summed E-state index contributed by atoms with van der Waals surface area (Å²) in [6.07, 6.45) is 2.26. The summed E-state index contributed by atoms with van der Waals surface area (Å²) in [6.45, 7) is 0. The average molecular weight is 190 g/mol. The van der Waals surface area contributed by atoms with Gasteiger partial charge in [-0.05, 0) is 18.2 Å². The summed E-state index contributed by atoms with van der Waals surface area (Å²) in [5, 5.41) is 0.808. The Hall–Kier alpha value is -1.48. The number of fused-ring (bicyclic) bond motifs is 1. The van der Waals surface area contributed by atoms with Crippen LogP contribution >= 0.6 is 12.2 Å². The van der Waals surface area contributed by atoms with E-state index in [4.69, 9.17) is 16.6 Å². The van der Waals surface area contributed by atoms with Crippen LogP contribution in [-0.2, 0) is 0 Å². The van der Waals surface area contributed by atoms with E-state index in [2.05, 4.69) is 0 Å². The highest BCUT2D eigenvalue weighted by atomic mass is 32.1. The maximum absolute atomic E-state index is 10.6. The molecule has 0 radical (unpaired) electrons. The number of hydrogen-bond acceptors (Lipinski definition) is 3. The van der Waals surface area contributed by atoms with Crippen molar-refractivity contribution in [1.82, 2.24) is 0 Å². The Morgan fingerprint density at radius 3 is 2.92 bits per heavy atom. The van der Waals surface area contributed by atoms with Crippen molar-refractivity contribution in [3.05, 3.63) is 40.6 Å². The van der Waals surface area contributed by atoms with Crippen LogP contribution in [0, 0.1) is 4.51 Å². The second-order valence-corrected chi connectivity index (χ2v) is 3.07. The number of aldehydes is 1. The van der Waals surface area contributed by atoms with Crippen LogP contribution in [0.2, 0.25) is 0 Å². The third kappa shape index (κ3) is 1.27. The molecule has 1 aromatic heterocycles. The summed E-state index contributed by atoms with van der Waals surface area (Å²) in [7, 11) is 0. The second kappa shape index (κ2) is 3.11. The molecule has 13 heavy (non-hydrogen) atoms. The van der Waals surface area contributed by atoms with E-state index in [1.54, 1.807) is 18.2 Å². The molecular weight excluding hydrogens is 184 g/mol. The fraction of sp³-hybridized carbons (Fsp3) is 0. The Labute approximate surface area is 79.8 Å². The third-order valence-electron chi connectivity index (χ3n) is 1.84. The first-order chi connectivity index (χ1) is 6.33. The highest BCUT2D eigenvalue weighted by Gasteiger charge is 2.01. The lowest BCUT2D eigenvalue weighted by molar-refractivity contribution is 0.112. The number of carbonyl (C=O) groups is 1. The van der Waals surface area contributed by atoms with Crippen LogP contribution in [0.15, 0.2) is 34.9 Å². The number of carbonyl (C=O) groups excluding carboxylic acids is 1. The third-order valence-corrected chi connectivity index (χ3v) is 2.20. The van der Waals surface area contributed by atoms with Gasteiger partial charge in [-0.25, -0.2) is 0 Å². The molecule has 0 fully saturated rings. The minimum atomic E-state index is 0.532. The van der Waals surface area contributed by atoms with Gasteiger partial charge in [0.2, 0.25) is 0 Å². The molecule has 2 aromatic rings. The Balaban J connectivity index is 3.00. The van der Waals surface area contributed by atoms with E-state index >= 15 is 0 Å². The van der Waals surface area contributed by atoms with Gasteiger partial charge in [-0.1, -0.05) is 18.3 Å². The molecule has 2 rings (SSSR count). The Morgan fingerprint density at radius 1 is 1.31 bits per heavy atom. The number of hydrogen-bond donors (Lipinski definition) is 0. The fourth-order valence-electron chi connectivity index (χ4n) is 1.23. The summed E-state index contributed by atoms with van der Waals surface area (Å²) < 4.78 is 5.92. The lowest BCUT2D eigenvalue weighted by Crippen LogP contribution is -1.82. The van der Waals surface area contributed by atoms with Gasteiger partial charge in [-0.2, -0.15) is 0 Å². The molecule has 1 aromatic carbocycles. The van der Waals surface area contributed by atoms with Gasteiger partial charge in [-0.3, -0.25) is 4.79 Å². The molecule has 0 aliphatic rings. The topological polar surface area (TPSA) is 30.2 Å². The number of benzene rings is 1. The van der Waals surface area contributed by atoms with Crippen LogP contribution in [0.3, 0.4) is 0 Å². The molecule has 0 saturated carbocycles. The molecule has 0 saturated heterocycles. The van der Waals surface area contributed by atoms with Crippen LogP contribution in [0.1, 0.15) is 10.4 Å². The zero-order valence-electron chi connectivity index (χ0n) is 6.69. The first-order valence-electron chi connectivity index (χ1n) is 3.78. The monoisotopic (exact) mass is 190 g/mol. The SMILES string of the molecule is O=Cc1cccc2c(=S)ccoc12. The summed E-state index contributed by atoms with van der Waals surface area (Å²) in [5.74, 6) is 0. The molecule has 0 amide bonds. The lowest BCUT2D eigenvalue weighted by Gasteiger charge is -1.97.